The summed E-state index contributed by atoms with van der Waals surface area (Å²) in [7, 11) is 0. The van der Waals surface area contributed by atoms with Gasteiger partial charge in [0.05, 0.1) is 10.9 Å². The van der Waals surface area contributed by atoms with Gasteiger partial charge in [-0.15, -0.1) is 11.3 Å². The second-order valence-electron chi connectivity index (χ2n) is 5.64. The molecule has 0 aliphatic heterocycles. The molecule has 0 N–H and O–H groups in total. The second kappa shape index (κ2) is 6.31. The molecule has 113 valence electrons. The van der Waals surface area contributed by atoms with Crippen LogP contribution in [0.4, 0.5) is 0 Å². The number of nitrogens with zero attached hydrogens (tertiary/aromatic N) is 1. The van der Waals surface area contributed by atoms with Crippen LogP contribution in [0.3, 0.4) is 0 Å². The first-order chi connectivity index (χ1) is 10.7. The zero-order valence-corrected chi connectivity index (χ0v) is 13.7. The molecule has 3 nitrogen and oxygen atoms in total. The van der Waals surface area contributed by atoms with Crippen molar-refractivity contribution in [1.29, 1.82) is 0 Å². The molecule has 0 saturated heterocycles. The van der Waals surface area contributed by atoms with Gasteiger partial charge < -0.3 is 4.79 Å². The summed E-state index contributed by atoms with van der Waals surface area (Å²) >= 11 is 7.89. The molecule has 3 atom stereocenters. The Balaban J connectivity index is 2.07. The largest absolute Gasteiger partial charge is 0.303 e. The van der Waals surface area contributed by atoms with E-state index in [-0.39, 0.29) is 11.8 Å². The van der Waals surface area contributed by atoms with E-state index < -0.39 is 5.92 Å². The Kier molecular flexibility index (Phi) is 4.41. The van der Waals surface area contributed by atoms with Crippen LogP contribution in [0.2, 0.25) is 5.02 Å². The summed E-state index contributed by atoms with van der Waals surface area (Å²) in [6.07, 6.45) is 5.89. The van der Waals surface area contributed by atoms with Crippen molar-refractivity contribution in [3.63, 3.8) is 0 Å². The lowest BCUT2D eigenvalue weighted by Crippen LogP contribution is -2.26. The van der Waals surface area contributed by atoms with Gasteiger partial charge in [-0.05, 0) is 48.4 Å². The van der Waals surface area contributed by atoms with E-state index in [4.69, 9.17) is 11.6 Å². The van der Waals surface area contributed by atoms with Crippen LogP contribution in [-0.2, 0) is 16.0 Å². The molecule has 0 spiro atoms. The van der Waals surface area contributed by atoms with Crippen molar-refractivity contribution in [3.05, 3.63) is 50.4 Å². The Labute approximate surface area is 138 Å². The minimum Gasteiger partial charge on any atom is -0.303 e. The number of hydrogen-bond donors (Lipinski definition) is 0. The van der Waals surface area contributed by atoms with Crippen molar-refractivity contribution in [2.45, 2.75) is 31.6 Å². The van der Waals surface area contributed by atoms with Crippen molar-refractivity contribution in [2.24, 2.45) is 5.92 Å². The van der Waals surface area contributed by atoms with Gasteiger partial charge in [0.15, 0.2) is 0 Å². The van der Waals surface area contributed by atoms with Crippen LogP contribution >= 0.6 is 22.9 Å². The highest BCUT2D eigenvalue weighted by molar-refractivity contribution is 7.10. The van der Waals surface area contributed by atoms with Gasteiger partial charge in [0.1, 0.15) is 6.29 Å². The van der Waals surface area contributed by atoms with Gasteiger partial charge in [-0.1, -0.05) is 11.6 Å². The molecule has 22 heavy (non-hydrogen) atoms. The third kappa shape index (κ3) is 2.61. The first kappa shape index (κ1) is 15.4. The van der Waals surface area contributed by atoms with Crippen LogP contribution < -0.4 is 0 Å². The molecular weight excluding hydrogens is 318 g/mol. The Hall–Kier alpha value is -1.52. The fourth-order valence-electron chi connectivity index (χ4n) is 3.36. The predicted octanol–water partition coefficient (Wildman–Crippen LogP) is 3.84. The molecule has 1 aliphatic rings. The minimum absolute atomic E-state index is 0.171. The Morgan fingerprint density at radius 3 is 2.95 bits per heavy atom. The summed E-state index contributed by atoms with van der Waals surface area (Å²) in [6.45, 7) is 2.00. The maximum atomic E-state index is 11.3. The van der Waals surface area contributed by atoms with Crippen molar-refractivity contribution in [3.8, 4) is 0 Å². The second-order valence-corrected chi connectivity index (χ2v) is 7.00. The highest BCUT2D eigenvalue weighted by atomic mass is 35.5. The topological polar surface area (TPSA) is 47.0 Å². The fourth-order valence-corrected chi connectivity index (χ4v) is 4.69. The first-order valence-corrected chi connectivity index (χ1v) is 8.41. The summed E-state index contributed by atoms with van der Waals surface area (Å²) in [5, 5.41) is 2.72. The van der Waals surface area contributed by atoms with Crippen molar-refractivity contribution >= 4 is 35.5 Å². The van der Waals surface area contributed by atoms with Crippen LogP contribution in [-0.4, -0.2) is 17.6 Å². The maximum absolute atomic E-state index is 11.3. The first-order valence-electron chi connectivity index (χ1n) is 7.16. The third-order valence-electron chi connectivity index (χ3n) is 4.37. The third-order valence-corrected chi connectivity index (χ3v) is 5.89. The predicted molar refractivity (Wildman–Crippen MR) is 87.4 cm³/mol. The lowest BCUT2D eigenvalue weighted by Gasteiger charge is -2.33. The van der Waals surface area contributed by atoms with Crippen molar-refractivity contribution in [1.82, 2.24) is 4.98 Å². The molecule has 0 amide bonds. The summed E-state index contributed by atoms with van der Waals surface area (Å²) in [5.41, 5.74) is 3.08. The van der Waals surface area contributed by atoms with Gasteiger partial charge in [-0.2, -0.15) is 0 Å². The number of halogens is 1. The number of hydrogen-bond acceptors (Lipinski definition) is 4. The monoisotopic (exact) mass is 332 g/mol. The smallest absolute Gasteiger partial charge is 0.209 e. The van der Waals surface area contributed by atoms with Gasteiger partial charge in [0, 0.05) is 28.6 Å². The number of thiophene rings is 1. The molecule has 0 bridgehead atoms. The van der Waals surface area contributed by atoms with E-state index in [0.29, 0.717) is 6.29 Å². The molecule has 0 aromatic carbocycles. The van der Waals surface area contributed by atoms with Gasteiger partial charge in [-0.3, -0.25) is 9.78 Å². The van der Waals surface area contributed by atoms with E-state index in [0.717, 1.165) is 39.6 Å². The average Bonchev–Trinajstić information content (AvgIpc) is 2.94. The number of carbonyl (C=O) groups excluding carboxylic acids is 2. The standard InChI is InChI=1S/C17H15ClNO2S/c1-10-2-4-19-15-7-11(17-14(18)3-5-22-17)6-13(16(10)15)12(8-20)9-21/h2-5,8,11-13H,6-7H2,1H3. The molecule has 0 fully saturated rings. The zero-order valence-electron chi connectivity index (χ0n) is 12.1. The molecule has 2 aromatic heterocycles. The van der Waals surface area contributed by atoms with Crippen molar-refractivity contribution < 1.29 is 9.59 Å². The molecule has 3 rings (SSSR count). The van der Waals surface area contributed by atoms with Crippen molar-refractivity contribution in [2.75, 3.05) is 0 Å². The van der Waals surface area contributed by atoms with E-state index in [9.17, 15) is 9.59 Å². The molecule has 5 heteroatoms. The molecule has 3 unspecified atom stereocenters. The zero-order chi connectivity index (χ0) is 15.7. The number of pyridine rings is 1. The molecule has 2 aromatic rings. The molecule has 1 aliphatic carbocycles. The number of carbonyl (C=O) groups is 1. The molecular formula is C17H15ClNO2S. The Morgan fingerprint density at radius 1 is 1.50 bits per heavy atom. The minimum atomic E-state index is -0.747. The SMILES string of the molecule is Cc1ccnc2c1C(C([C]=O)C=O)CC(c1sccc1Cl)C2. The number of aromatic nitrogens is 1. The summed E-state index contributed by atoms with van der Waals surface area (Å²) in [5.74, 6) is -0.728. The average molecular weight is 333 g/mol. The summed E-state index contributed by atoms with van der Waals surface area (Å²) in [6, 6.07) is 3.82. The van der Waals surface area contributed by atoms with Gasteiger partial charge in [0.25, 0.3) is 0 Å². The lowest BCUT2D eigenvalue weighted by molar-refractivity contribution is -0.110. The van der Waals surface area contributed by atoms with E-state index in [1.54, 1.807) is 17.5 Å². The molecule has 0 saturated carbocycles. The molecule has 2 heterocycles. The highest BCUT2D eigenvalue weighted by Crippen LogP contribution is 2.46. The van der Waals surface area contributed by atoms with Crippen LogP contribution in [0.15, 0.2) is 23.7 Å². The highest BCUT2D eigenvalue weighted by Gasteiger charge is 2.36. The van der Waals surface area contributed by atoms with Gasteiger partial charge in [-0.25, -0.2) is 0 Å². The van der Waals surface area contributed by atoms with Crippen LogP contribution in [0, 0.1) is 12.8 Å². The number of aldehydes is 1. The number of fused-ring (bicyclic) bond motifs is 1. The fraction of sp³-hybridized carbons (Fsp3) is 0.353. The normalized spacial score (nSPS) is 20.7. The quantitative estimate of drug-likeness (QED) is 0.631. The molecule has 1 radical (unpaired) electrons. The van der Waals surface area contributed by atoms with Gasteiger partial charge in [0.2, 0.25) is 6.29 Å². The van der Waals surface area contributed by atoms with E-state index in [1.165, 1.54) is 0 Å². The van der Waals surface area contributed by atoms with Crippen LogP contribution in [0.25, 0.3) is 0 Å². The van der Waals surface area contributed by atoms with E-state index in [1.807, 2.05) is 30.7 Å². The number of aryl methyl sites for hydroxylation is 1. The van der Waals surface area contributed by atoms with E-state index >= 15 is 0 Å². The lowest BCUT2D eigenvalue weighted by atomic mass is 9.72. The summed E-state index contributed by atoms with van der Waals surface area (Å²) < 4.78 is 0. The van der Waals surface area contributed by atoms with Crippen LogP contribution in [0.5, 0.6) is 0 Å². The van der Waals surface area contributed by atoms with E-state index in [2.05, 4.69) is 4.98 Å². The number of rotatable bonds is 4. The Bertz CT molecular complexity index is 704. The summed E-state index contributed by atoms with van der Waals surface area (Å²) in [4.78, 5) is 28.1. The van der Waals surface area contributed by atoms with Gasteiger partial charge >= 0.3 is 0 Å². The van der Waals surface area contributed by atoms with Crippen LogP contribution in [0.1, 0.15) is 40.0 Å². The Morgan fingerprint density at radius 2 is 2.32 bits per heavy atom. The maximum Gasteiger partial charge on any atom is 0.209 e.